The number of rotatable bonds is 13. The summed E-state index contributed by atoms with van der Waals surface area (Å²) in [6.45, 7) is 18.9. The highest BCUT2D eigenvalue weighted by molar-refractivity contribution is 7.09. The lowest BCUT2D eigenvalue weighted by atomic mass is 9.73. The first kappa shape index (κ1) is 51.2. The van der Waals surface area contributed by atoms with Gasteiger partial charge in [0.25, 0.3) is 0 Å². The van der Waals surface area contributed by atoms with Crippen molar-refractivity contribution in [1.29, 1.82) is 0 Å². The number of cyclic esters (lactones) is 1. The predicted octanol–water partition coefficient (Wildman–Crippen LogP) is 2.58. The summed E-state index contributed by atoms with van der Waals surface area (Å²) in [6.07, 6.45) is -8.17. The van der Waals surface area contributed by atoms with Crippen molar-refractivity contribution in [3.05, 3.63) is 16.6 Å². The zero-order valence-electron chi connectivity index (χ0n) is 37.9. The fourth-order valence-corrected chi connectivity index (χ4v) is 10.3. The molecular weight excluding hydrogens is 799 g/mol. The minimum absolute atomic E-state index is 0.0499. The molecule has 348 valence electrons. The average molecular weight is 876 g/mol. The molecule has 4 rings (SSSR count). The molecule has 17 heteroatoms. The SMILES string of the molecule is CC[C@H]1OC(=O)[C@H](C)[C@@H](O[C@H]2C[C@@](C)(OC)[C@@H](O)[C@H](C)O2)[C@H](C)[C@@H](O[C@@H]2O[C@H](C)C[C@H](N(C)CCCNCc3nccs3)[C@H]2O)[C@](C)(O)C[C@@H](C)[C@H](O)[C@H](C)[C@@H](O)[C@]1(C)O. The fraction of sp³-hybridized carbons (Fsp3) is 0.907. The van der Waals surface area contributed by atoms with Crippen molar-refractivity contribution < 1.29 is 63.9 Å². The Balaban J connectivity index is 1.70. The smallest absolute Gasteiger partial charge is 0.311 e. The molecule has 4 heterocycles. The molecule has 0 bridgehead atoms. The summed E-state index contributed by atoms with van der Waals surface area (Å²) in [5.74, 6) is -4.19. The van der Waals surface area contributed by atoms with Crippen LogP contribution < -0.4 is 5.32 Å². The Morgan fingerprint density at radius 1 is 0.967 bits per heavy atom. The van der Waals surface area contributed by atoms with Gasteiger partial charge in [0.2, 0.25) is 0 Å². The standard InChI is InChI=1S/C43H77N3O13S/c1-13-30-43(10,53)36(49)25(4)33(47)23(2)20-41(8,52)38(26(5)35(27(6)39(51)57-30)58-32-21-42(9,54-12)37(50)28(7)56-32)59-40-34(48)29(19-24(3)55-40)46(11)17-14-15-44-22-31-45-16-18-60-31/h16,18,23-30,32-38,40,44,47-50,52-53H,13-15,17,19-22H2,1-12H3/t23-,24-,25+,26+,27-,28+,29+,30-,32+,33+,34-,35+,36-,37+,38-,40+,41-,42-,43-/m1/s1. The molecule has 16 nitrogen and oxygen atoms in total. The number of aliphatic hydroxyl groups is 6. The molecule has 0 aromatic carbocycles. The molecule has 3 aliphatic rings. The van der Waals surface area contributed by atoms with Gasteiger partial charge in [0.1, 0.15) is 28.9 Å². The molecule has 0 amide bonds. The van der Waals surface area contributed by atoms with Crippen LogP contribution in [0.4, 0.5) is 0 Å². The van der Waals surface area contributed by atoms with Crippen LogP contribution in [0.25, 0.3) is 0 Å². The van der Waals surface area contributed by atoms with Gasteiger partial charge in [0.15, 0.2) is 12.6 Å². The van der Waals surface area contributed by atoms with Gasteiger partial charge < -0.3 is 69.3 Å². The molecule has 0 aliphatic carbocycles. The van der Waals surface area contributed by atoms with Gasteiger partial charge in [0.05, 0.1) is 53.7 Å². The van der Waals surface area contributed by atoms with Crippen molar-refractivity contribution in [2.45, 2.75) is 198 Å². The molecule has 0 unspecified atom stereocenters. The van der Waals surface area contributed by atoms with E-state index in [-0.39, 0.29) is 31.4 Å². The Kier molecular flexibility index (Phi) is 18.4. The van der Waals surface area contributed by atoms with Crippen molar-refractivity contribution >= 4 is 17.3 Å². The van der Waals surface area contributed by atoms with Gasteiger partial charge in [-0.15, -0.1) is 11.3 Å². The minimum atomic E-state index is -1.95. The van der Waals surface area contributed by atoms with Crippen LogP contribution in [0.2, 0.25) is 0 Å². The number of aromatic nitrogens is 1. The third-order valence-electron chi connectivity index (χ3n) is 13.6. The van der Waals surface area contributed by atoms with Crippen LogP contribution >= 0.6 is 11.3 Å². The van der Waals surface area contributed by atoms with Gasteiger partial charge in [0, 0.05) is 49.5 Å². The lowest BCUT2D eigenvalue weighted by Crippen LogP contribution is -2.61. The van der Waals surface area contributed by atoms with E-state index < -0.39 is 108 Å². The molecule has 0 radical (unpaired) electrons. The van der Waals surface area contributed by atoms with Gasteiger partial charge >= 0.3 is 5.97 Å². The Morgan fingerprint density at radius 2 is 1.65 bits per heavy atom. The number of nitrogens with one attached hydrogen (secondary N) is 1. The number of hydrogen-bond donors (Lipinski definition) is 7. The number of thiazole rings is 1. The lowest BCUT2D eigenvalue weighted by molar-refractivity contribution is -0.318. The van der Waals surface area contributed by atoms with Crippen molar-refractivity contribution in [2.75, 3.05) is 27.2 Å². The van der Waals surface area contributed by atoms with E-state index in [1.807, 2.05) is 19.4 Å². The van der Waals surface area contributed by atoms with Gasteiger partial charge in [-0.05, 0) is 93.3 Å². The first-order chi connectivity index (χ1) is 28.0. The number of aliphatic hydroxyl groups excluding tert-OH is 4. The molecule has 19 atom stereocenters. The monoisotopic (exact) mass is 876 g/mol. The van der Waals surface area contributed by atoms with E-state index in [0.29, 0.717) is 19.5 Å². The maximum atomic E-state index is 14.3. The van der Waals surface area contributed by atoms with Crippen molar-refractivity contribution in [3.8, 4) is 0 Å². The van der Waals surface area contributed by atoms with Crippen molar-refractivity contribution in [1.82, 2.24) is 15.2 Å². The molecule has 1 aromatic rings. The van der Waals surface area contributed by atoms with Gasteiger partial charge in [-0.3, -0.25) is 4.79 Å². The highest BCUT2D eigenvalue weighted by Crippen LogP contribution is 2.41. The van der Waals surface area contributed by atoms with Crippen LogP contribution in [0.1, 0.15) is 106 Å². The molecular formula is C43H77N3O13S. The van der Waals surface area contributed by atoms with Crippen LogP contribution in [0.15, 0.2) is 11.6 Å². The summed E-state index contributed by atoms with van der Waals surface area (Å²) in [6, 6.07) is -0.352. The molecule has 0 saturated carbocycles. The van der Waals surface area contributed by atoms with E-state index in [9.17, 15) is 35.4 Å². The Bertz CT molecular complexity index is 1460. The second kappa shape index (κ2) is 21.5. The quantitative estimate of drug-likeness (QED) is 0.112. The second-order valence-electron chi connectivity index (χ2n) is 18.7. The first-order valence-corrected chi connectivity index (χ1v) is 22.7. The average Bonchev–Trinajstić information content (AvgIpc) is 3.72. The third kappa shape index (κ3) is 12.0. The molecule has 1 aromatic heterocycles. The van der Waals surface area contributed by atoms with Crippen LogP contribution in [-0.2, 0) is 39.8 Å². The van der Waals surface area contributed by atoms with E-state index in [1.165, 1.54) is 14.0 Å². The topological polar surface area (TPSA) is 222 Å². The summed E-state index contributed by atoms with van der Waals surface area (Å²) in [7, 11) is 3.45. The summed E-state index contributed by atoms with van der Waals surface area (Å²) >= 11 is 1.60. The fourth-order valence-electron chi connectivity index (χ4n) is 9.67. The van der Waals surface area contributed by atoms with Gasteiger partial charge in [-0.1, -0.05) is 27.7 Å². The maximum Gasteiger partial charge on any atom is 0.311 e. The Morgan fingerprint density at radius 3 is 2.27 bits per heavy atom. The minimum Gasteiger partial charge on any atom is -0.459 e. The molecule has 3 fully saturated rings. The zero-order valence-corrected chi connectivity index (χ0v) is 38.7. The Hall–Kier alpha value is -1.42. The van der Waals surface area contributed by atoms with Crippen LogP contribution in [0.5, 0.6) is 0 Å². The van der Waals surface area contributed by atoms with E-state index in [0.717, 1.165) is 18.0 Å². The number of methoxy groups -OCH3 is 1. The van der Waals surface area contributed by atoms with Crippen LogP contribution in [-0.4, -0.2) is 164 Å². The summed E-state index contributed by atoms with van der Waals surface area (Å²) in [5, 5.41) is 76.8. The van der Waals surface area contributed by atoms with E-state index >= 15 is 0 Å². The normalized spacial score (nSPS) is 45.3. The van der Waals surface area contributed by atoms with Crippen molar-refractivity contribution in [3.63, 3.8) is 0 Å². The zero-order chi connectivity index (χ0) is 44.9. The molecule has 3 saturated heterocycles. The first-order valence-electron chi connectivity index (χ1n) is 21.8. The predicted molar refractivity (Wildman–Crippen MR) is 225 cm³/mol. The third-order valence-corrected chi connectivity index (χ3v) is 14.4. The van der Waals surface area contributed by atoms with Gasteiger partial charge in [-0.25, -0.2) is 4.98 Å². The Labute approximate surface area is 361 Å². The van der Waals surface area contributed by atoms with Gasteiger partial charge in [-0.2, -0.15) is 0 Å². The summed E-state index contributed by atoms with van der Waals surface area (Å²) < 4.78 is 37.7. The number of hydrogen-bond acceptors (Lipinski definition) is 17. The number of esters is 1. The van der Waals surface area contributed by atoms with E-state index in [1.54, 1.807) is 72.9 Å². The highest BCUT2D eigenvalue weighted by Gasteiger charge is 2.53. The molecule has 60 heavy (non-hydrogen) atoms. The van der Waals surface area contributed by atoms with Crippen LogP contribution in [0, 0.1) is 23.7 Å². The second-order valence-corrected chi connectivity index (χ2v) is 19.7. The number of carbonyl (C=O) groups excluding carboxylic acids is 1. The number of carbonyl (C=O) groups is 1. The summed E-state index contributed by atoms with van der Waals surface area (Å²) in [5.41, 5.74) is -4.77. The van der Waals surface area contributed by atoms with Crippen molar-refractivity contribution in [2.24, 2.45) is 23.7 Å². The number of ether oxygens (including phenoxy) is 6. The largest absolute Gasteiger partial charge is 0.459 e. The number of nitrogens with zero attached hydrogens (tertiary/aromatic N) is 2. The summed E-state index contributed by atoms with van der Waals surface area (Å²) in [4.78, 5) is 20.7. The highest BCUT2D eigenvalue weighted by atomic mass is 32.1. The van der Waals surface area contributed by atoms with Crippen LogP contribution in [0.3, 0.4) is 0 Å². The van der Waals surface area contributed by atoms with E-state index in [4.69, 9.17) is 28.4 Å². The maximum absolute atomic E-state index is 14.3. The number of likely N-dealkylation sites (N-methyl/N-ethyl adjacent to an activating group) is 1. The van der Waals surface area contributed by atoms with E-state index in [2.05, 4.69) is 15.2 Å². The molecule has 7 N–H and O–H groups in total. The lowest BCUT2D eigenvalue weighted by Gasteiger charge is -2.49. The molecule has 3 aliphatic heterocycles. The molecule has 0 spiro atoms.